The molecule has 6 aliphatic rings. The van der Waals surface area contributed by atoms with E-state index in [0.717, 1.165) is 55.4 Å². The van der Waals surface area contributed by atoms with E-state index < -0.39 is 5.09 Å². The Morgan fingerprint density at radius 3 is 2.64 bits per heavy atom. The van der Waals surface area contributed by atoms with Gasteiger partial charge in [-0.1, -0.05) is 0 Å². The predicted octanol–water partition coefficient (Wildman–Crippen LogP) is 5.08. The Labute approximate surface area is 211 Å². The second-order valence-electron chi connectivity index (χ2n) is 13.0. The number of fused-ring (bicyclic) bond motifs is 3. The molecule has 0 aromatic heterocycles. The normalized spacial score (nSPS) is 37.7. The van der Waals surface area contributed by atoms with Crippen molar-refractivity contribution in [1.29, 1.82) is 0 Å². The van der Waals surface area contributed by atoms with Crippen molar-refractivity contribution in [1.82, 2.24) is 0 Å². The molecule has 5 aliphatic carbocycles. The van der Waals surface area contributed by atoms with E-state index in [1.807, 2.05) is 6.07 Å². The van der Waals surface area contributed by atoms with Crippen molar-refractivity contribution in [2.45, 2.75) is 88.6 Å². The first-order valence-electron chi connectivity index (χ1n) is 13.5. The molecule has 5 fully saturated rings. The van der Waals surface area contributed by atoms with E-state index >= 15 is 0 Å². The minimum absolute atomic E-state index is 0.0107. The summed E-state index contributed by atoms with van der Waals surface area (Å²) in [6, 6.07) is 4.15. The van der Waals surface area contributed by atoms with Gasteiger partial charge in [0.25, 0.3) is 5.09 Å². The highest BCUT2D eigenvalue weighted by molar-refractivity contribution is 5.81. The molecular formula is C28H37NO7. The molecule has 7 rings (SSSR count). The summed E-state index contributed by atoms with van der Waals surface area (Å²) in [6.45, 7) is 5.00. The fraction of sp³-hybridized carbons (Fsp3) is 0.750. The van der Waals surface area contributed by atoms with Crippen LogP contribution in [0.25, 0.3) is 0 Å². The number of carbonyl (C=O) groups is 1. The van der Waals surface area contributed by atoms with Crippen LogP contribution < -0.4 is 4.74 Å². The second kappa shape index (κ2) is 8.33. The summed E-state index contributed by atoms with van der Waals surface area (Å²) in [5.74, 6) is 2.79. The lowest BCUT2D eigenvalue weighted by Crippen LogP contribution is -2.55. The van der Waals surface area contributed by atoms with E-state index in [-0.39, 0.29) is 53.0 Å². The SMILES string of the molecule is CC1(C)Oc2cc(C34CC5CC(CC(COCCO[N+](=O)[O-])(C5)C3)C4)cc(O)c2[C@@H]2CC(=O)CC[C@H]21. The van der Waals surface area contributed by atoms with E-state index in [1.54, 1.807) is 0 Å². The standard InChI is InChI=1S/C28H37NO7/c1-26(2)22-4-3-20(30)10-21(22)25-23(31)8-19(9-24(25)36-26)28-13-17-7-18(14-28)12-27(11-17,15-28)16-34-5-6-35-29(32)33/h8-9,17-18,21-22,31H,3-7,10-16H2,1-2H3/t17?,18?,21-,22-,27?,28?/m1/s1. The Morgan fingerprint density at radius 1 is 1.17 bits per heavy atom. The first-order valence-corrected chi connectivity index (χ1v) is 13.5. The summed E-state index contributed by atoms with van der Waals surface area (Å²) in [5, 5.41) is 21.0. The molecule has 1 N–H and O–H groups in total. The monoisotopic (exact) mass is 499 g/mol. The minimum atomic E-state index is -0.777. The summed E-state index contributed by atoms with van der Waals surface area (Å²) in [4.78, 5) is 27.2. The van der Waals surface area contributed by atoms with Gasteiger partial charge in [-0.2, -0.15) is 0 Å². The van der Waals surface area contributed by atoms with Crippen LogP contribution in [-0.4, -0.2) is 41.4 Å². The maximum absolute atomic E-state index is 12.4. The van der Waals surface area contributed by atoms with Crippen molar-refractivity contribution in [3.05, 3.63) is 33.4 Å². The Bertz CT molecular complexity index is 1070. The molecule has 0 spiro atoms. The molecule has 5 saturated carbocycles. The number of ether oxygens (including phenoxy) is 2. The molecule has 0 amide bonds. The van der Waals surface area contributed by atoms with Gasteiger partial charge in [-0.15, -0.1) is 10.1 Å². The number of nitrogens with zero attached hydrogens (tertiary/aromatic N) is 1. The van der Waals surface area contributed by atoms with Crippen LogP contribution in [0.4, 0.5) is 0 Å². The summed E-state index contributed by atoms with van der Waals surface area (Å²) in [5.41, 5.74) is 1.64. The van der Waals surface area contributed by atoms with E-state index in [2.05, 4.69) is 24.8 Å². The van der Waals surface area contributed by atoms with Gasteiger partial charge in [-0.25, -0.2) is 0 Å². The number of phenols is 1. The number of benzene rings is 1. The number of rotatable bonds is 7. The molecule has 4 atom stereocenters. The van der Waals surface area contributed by atoms with Gasteiger partial charge in [0.2, 0.25) is 0 Å². The predicted molar refractivity (Wildman–Crippen MR) is 130 cm³/mol. The van der Waals surface area contributed by atoms with E-state index in [0.29, 0.717) is 31.3 Å². The largest absolute Gasteiger partial charge is 0.508 e. The number of Topliss-reactive ketones (excluding diaryl/α,β-unsaturated/α-hetero) is 1. The first kappa shape index (κ1) is 24.0. The third kappa shape index (κ3) is 3.96. The smallest absolute Gasteiger partial charge is 0.294 e. The van der Waals surface area contributed by atoms with Crippen molar-refractivity contribution in [2.24, 2.45) is 23.2 Å². The lowest BCUT2D eigenvalue weighted by molar-refractivity contribution is -0.758. The van der Waals surface area contributed by atoms with E-state index in [1.165, 1.54) is 6.42 Å². The van der Waals surface area contributed by atoms with Crippen LogP contribution in [0.2, 0.25) is 0 Å². The van der Waals surface area contributed by atoms with Crippen molar-refractivity contribution in [3.8, 4) is 11.5 Å². The maximum atomic E-state index is 12.4. The first-order chi connectivity index (χ1) is 17.1. The Balaban J connectivity index is 1.29. The molecule has 1 aromatic rings. The number of phenolic OH excluding ortho intramolecular Hbond substituents is 1. The third-order valence-corrected chi connectivity index (χ3v) is 10.1. The topological polar surface area (TPSA) is 108 Å². The second-order valence-corrected chi connectivity index (χ2v) is 13.0. The van der Waals surface area contributed by atoms with Gasteiger partial charge >= 0.3 is 0 Å². The van der Waals surface area contributed by atoms with Gasteiger partial charge in [-0.05, 0) is 99.2 Å². The third-order valence-electron chi connectivity index (χ3n) is 10.1. The lowest BCUT2D eigenvalue weighted by Gasteiger charge is -2.62. The zero-order valence-corrected chi connectivity index (χ0v) is 21.3. The average Bonchev–Trinajstić information content (AvgIpc) is 2.76. The average molecular weight is 500 g/mol. The molecule has 0 radical (unpaired) electrons. The molecule has 8 nitrogen and oxygen atoms in total. The van der Waals surface area contributed by atoms with Crippen LogP contribution in [0, 0.1) is 33.3 Å². The molecule has 1 aromatic carbocycles. The molecule has 0 saturated heterocycles. The van der Waals surface area contributed by atoms with Crippen molar-refractivity contribution in [3.63, 3.8) is 0 Å². The van der Waals surface area contributed by atoms with Gasteiger partial charge in [0.15, 0.2) is 0 Å². The maximum Gasteiger partial charge on any atom is 0.294 e. The van der Waals surface area contributed by atoms with Gasteiger partial charge < -0.3 is 19.4 Å². The van der Waals surface area contributed by atoms with Crippen LogP contribution in [0.1, 0.15) is 88.7 Å². The number of hydrogen-bond donors (Lipinski definition) is 1. The summed E-state index contributed by atoms with van der Waals surface area (Å²) >= 11 is 0. The highest BCUT2D eigenvalue weighted by atomic mass is 17.0. The molecular weight excluding hydrogens is 462 g/mol. The summed E-state index contributed by atoms with van der Waals surface area (Å²) in [7, 11) is 0. The summed E-state index contributed by atoms with van der Waals surface area (Å²) in [6.07, 6.45) is 8.61. The molecule has 1 aliphatic heterocycles. The van der Waals surface area contributed by atoms with Gasteiger partial charge in [0, 0.05) is 30.2 Å². The molecule has 36 heavy (non-hydrogen) atoms. The molecule has 8 heteroatoms. The zero-order valence-electron chi connectivity index (χ0n) is 21.3. The van der Waals surface area contributed by atoms with Crippen LogP contribution in [0.3, 0.4) is 0 Å². The van der Waals surface area contributed by atoms with Gasteiger partial charge in [0.1, 0.15) is 29.5 Å². The van der Waals surface area contributed by atoms with Crippen LogP contribution in [0.5, 0.6) is 11.5 Å². The van der Waals surface area contributed by atoms with Crippen molar-refractivity contribution in [2.75, 3.05) is 19.8 Å². The fourth-order valence-electron chi connectivity index (χ4n) is 9.30. The fourth-order valence-corrected chi connectivity index (χ4v) is 9.30. The van der Waals surface area contributed by atoms with Gasteiger partial charge in [0.05, 0.1) is 13.2 Å². The van der Waals surface area contributed by atoms with Crippen LogP contribution >= 0.6 is 0 Å². The number of aromatic hydroxyl groups is 1. The number of ketones is 1. The zero-order chi connectivity index (χ0) is 25.3. The molecule has 2 unspecified atom stereocenters. The van der Waals surface area contributed by atoms with E-state index in [4.69, 9.17) is 9.47 Å². The Morgan fingerprint density at radius 2 is 1.92 bits per heavy atom. The lowest BCUT2D eigenvalue weighted by atomic mass is 9.43. The van der Waals surface area contributed by atoms with Crippen LogP contribution in [-0.2, 0) is 19.8 Å². The number of carbonyl (C=O) groups excluding carboxylic acids is 1. The minimum Gasteiger partial charge on any atom is -0.508 e. The number of hydrogen-bond acceptors (Lipinski definition) is 7. The summed E-state index contributed by atoms with van der Waals surface area (Å²) < 4.78 is 12.5. The highest BCUT2D eigenvalue weighted by Gasteiger charge is 2.58. The molecule has 4 bridgehead atoms. The quantitative estimate of drug-likeness (QED) is 0.317. The van der Waals surface area contributed by atoms with Crippen molar-refractivity contribution < 1.29 is 29.3 Å². The highest BCUT2D eigenvalue weighted by Crippen LogP contribution is 2.66. The Kier molecular flexibility index (Phi) is 5.56. The van der Waals surface area contributed by atoms with Gasteiger partial charge in [-0.3, -0.25) is 4.79 Å². The van der Waals surface area contributed by atoms with Crippen molar-refractivity contribution >= 4 is 5.78 Å². The molecule has 1 heterocycles. The van der Waals surface area contributed by atoms with E-state index in [9.17, 15) is 20.0 Å². The molecule has 196 valence electrons. The van der Waals surface area contributed by atoms with Crippen LogP contribution in [0.15, 0.2) is 12.1 Å². The Hall–Kier alpha value is -2.35.